The van der Waals surface area contributed by atoms with Gasteiger partial charge in [-0.2, -0.15) is 0 Å². The molecule has 2 aromatic rings. The lowest BCUT2D eigenvalue weighted by Gasteiger charge is -2.38. The first-order valence-corrected chi connectivity index (χ1v) is 15.6. The van der Waals surface area contributed by atoms with Crippen LogP contribution in [0, 0.1) is 22.7 Å². The lowest BCUT2D eigenvalue weighted by Crippen LogP contribution is -2.49. The average Bonchev–Trinajstić information content (AvgIpc) is 3.58. The van der Waals surface area contributed by atoms with Crippen molar-refractivity contribution in [2.24, 2.45) is 22.7 Å². The van der Waals surface area contributed by atoms with Gasteiger partial charge >= 0.3 is 0 Å². The third kappa shape index (κ3) is 3.23. The van der Waals surface area contributed by atoms with Crippen molar-refractivity contribution in [1.29, 1.82) is 0 Å². The number of aromatic nitrogens is 1. The SMILES string of the molecule is CC1(C)[C@@H]2CC[C@]13CS(=O)(=O)N(C(=O)[C@@H]1[C@@H](c4ccc(Cl)nc4)[C@@H]4CC[C@H]1N4Cc1ccccc1)[C@@H]3C2. The summed E-state index contributed by atoms with van der Waals surface area (Å²) in [5.74, 6) is -0.0953. The molecule has 7 rings (SSSR count). The van der Waals surface area contributed by atoms with Crippen molar-refractivity contribution >= 4 is 27.5 Å². The molecule has 1 aromatic heterocycles. The van der Waals surface area contributed by atoms with Crippen molar-refractivity contribution in [3.63, 3.8) is 0 Å². The van der Waals surface area contributed by atoms with Gasteiger partial charge in [0.25, 0.3) is 0 Å². The predicted octanol–water partition coefficient (Wildman–Crippen LogP) is 4.85. The highest BCUT2D eigenvalue weighted by molar-refractivity contribution is 7.90. The Labute approximate surface area is 224 Å². The summed E-state index contributed by atoms with van der Waals surface area (Å²) in [6, 6.07) is 14.1. The highest BCUT2D eigenvalue weighted by Gasteiger charge is 2.73. The van der Waals surface area contributed by atoms with Crippen LogP contribution in [0.2, 0.25) is 5.15 Å². The zero-order valence-electron chi connectivity index (χ0n) is 21.4. The summed E-state index contributed by atoms with van der Waals surface area (Å²) in [4.78, 5) is 21.4. The zero-order chi connectivity index (χ0) is 25.7. The van der Waals surface area contributed by atoms with E-state index in [1.54, 1.807) is 12.3 Å². The van der Waals surface area contributed by atoms with Crippen LogP contribution < -0.4 is 0 Å². The van der Waals surface area contributed by atoms with E-state index in [-0.39, 0.29) is 46.5 Å². The molecule has 3 aliphatic heterocycles. The number of nitrogens with zero attached hydrogens (tertiary/aromatic N) is 3. The molecular formula is C29H34ClN3O3S. The molecule has 0 N–H and O–H groups in total. The number of hydrogen-bond donors (Lipinski definition) is 0. The summed E-state index contributed by atoms with van der Waals surface area (Å²) in [6.07, 6.45) is 6.46. The van der Waals surface area contributed by atoms with Crippen molar-refractivity contribution in [3.05, 3.63) is 64.9 Å². The molecule has 1 spiro atoms. The van der Waals surface area contributed by atoms with Gasteiger partial charge in [-0.25, -0.2) is 17.7 Å². The zero-order valence-corrected chi connectivity index (χ0v) is 23.0. The number of amides is 1. The van der Waals surface area contributed by atoms with Gasteiger partial charge in [-0.15, -0.1) is 0 Å². The summed E-state index contributed by atoms with van der Waals surface area (Å²) >= 11 is 6.12. The molecule has 1 amide bonds. The molecule has 3 saturated heterocycles. The highest BCUT2D eigenvalue weighted by Crippen LogP contribution is 2.70. The molecule has 6 nitrogen and oxygen atoms in total. The molecule has 1 aromatic carbocycles. The molecule has 4 bridgehead atoms. The summed E-state index contributed by atoms with van der Waals surface area (Å²) in [5, 5.41) is 0.421. The maximum Gasteiger partial charge on any atom is 0.241 e. The predicted molar refractivity (Wildman–Crippen MR) is 142 cm³/mol. The van der Waals surface area contributed by atoms with Gasteiger partial charge in [0.15, 0.2) is 0 Å². The van der Waals surface area contributed by atoms with E-state index in [4.69, 9.17) is 11.6 Å². The number of rotatable bonds is 4. The van der Waals surface area contributed by atoms with Gasteiger partial charge in [0.1, 0.15) is 5.15 Å². The number of fused-ring (bicyclic) bond motifs is 3. The van der Waals surface area contributed by atoms with Gasteiger partial charge in [-0.1, -0.05) is 61.8 Å². The van der Waals surface area contributed by atoms with Gasteiger partial charge in [0.05, 0.1) is 17.7 Å². The minimum absolute atomic E-state index is 0.0109. The van der Waals surface area contributed by atoms with E-state index in [1.165, 1.54) is 9.87 Å². The van der Waals surface area contributed by atoms with Gasteiger partial charge in [0, 0.05) is 36.2 Å². The van der Waals surface area contributed by atoms with E-state index < -0.39 is 15.9 Å². The lowest BCUT2D eigenvalue weighted by molar-refractivity contribution is -0.134. The standard InChI is InChI=1S/C29H34ClN3O3S/c1-28(2)20-12-13-29(28)17-37(35,36)33(23(29)14-20)27(34)26-22-10-9-21(25(26)19-8-11-24(30)31-15-19)32(22)16-18-6-4-3-5-7-18/h3-8,11,15,20-23,25-26H,9-10,12-14,16-17H2,1-2H3/t20-,21+,22-,23-,25+,26+,29-/m1/s1. The number of carbonyl (C=O) groups is 1. The first kappa shape index (κ1) is 24.1. The number of pyridine rings is 1. The van der Waals surface area contributed by atoms with Gasteiger partial charge in [-0.3, -0.25) is 9.69 Å². The molecule has 2 saturated carbocycles. The molecule has 0 unspecified atom stereocenters. The topological polar surface area (TPSA) is 70.6 Å². The number of halogens is 1. The van der Waals surface area contributed by atoms with Crippen LogP contribution in [0.1, 0.15) is 63.0 Å². The molecule has 7 atom stereocenters. The molecule has 8 heteroatoms. The van der Waals surface area contributed by atoms with Crippen LogP contribution in [0.15, 0.2) is 48.7 Å². The number of sulfonamides is 1. The highest BCUT2D eigenvalue weighted by atomic mass is 35.5. The molecule has 0 radical (unpaired) electrons. The normalized spacial score (nSPS) is 38.8. The Bertz CT molecular complexity index is 1350. The Morgan fingerprint density at radius 1 is 1.08 bits per heavy atom. The quantitative estimate of drug-likeness (QED) is 0.519. The van der Waals surface area contributed by atoms with Gasteiger partial charge < -0.3 is 0 Å². The van der Waals surface area contributed by atoms with E-state index in [9.17, 15) is 13.2 Å². The van der Waals surface area contributed by atoms with Gasteiger partial charge in [-0.05, 0) is 60.6 Å². The third-order valence-electron chi connectivity index (χ3n) is 11.1. The van der Waals surface area contributed by atoms with Crippen molar-refractivity contribution in [2.75, 3.05) is 5.75 Å². The number of hydrogen-bond acceptors (Lipinski definition) is 5. The van der Waals surface area contributed by atoms with Crippen molar-refractivity contribution < 1.29 is 13.2 Å². The van der Waals surface area contributed by atoms with Crippen molar-refractivity contribution in [3.8, 4) is 0 Å². The number of carbonyl (C=O) groups excluding carboxylic acids is 1. The van der Waals surface area contributed by atoms with Crippen LogP contribution in [0.4, 0.5) is 0 Å². The summed E-state index contributed by atoms with van der Waals surface area (Å²) in [6.45, 7) is 5.22. The third-order valence-corrected chi connectivity index (χ3v) is 13.2. The Kier molecular flexibility index (Phi) is 5.23. The second-order valence-electron chi connectivity index (χ2n) is 12.6. The van der Waals surface area contributed by atoms with E-state index in [0.717, 1.165) is 44.2 Å². The molecule has 37 heavy (non-hydrogen) atoms. The van der Waals surface area contributed by atoms with Crippen LogP contribution in [-0.2, 0) is 21.4 Å². The van der Waals surface area contributed by atoms with E-state index in [1.807, 2.05) is 24.3 Å². The number of benzene rings is 1. The molecular weight excluding hydrogens is 506 g/mol. The largest absolute Gasteiger partial charge is 0.292 e. The lowest BCUT2D eigenvalue weighted by atomic mass is 9.68. The fourth-order valence-corrected chi connectivity index (χ4v) is 11.9. The van der Waals surface area contributed by atoms with E-state index in [2.05, 4.69) is 35.9 Å². The fraction of sp³-hybridized carbons (Fsp3) is 0.586. The van der Waals surface area contributed by atoms with Crippen molar-refractivity contribution in [1.82, 2.24) is 14.2 Å². The van der Waals surface area contributed by atoms with Crippen LogP contribution in [0.3, 0.4) is 0 Å². The van der Waals surface area contributed by atoms with E-state index >= 15 is 0 Å². The maximum atomic E-state index is 14.6. The van der Waals surface area contributed by atoms with Crippen LogP contribution in [0.25, 0.3) is 0 Å². The molecule has 4 heterocycles. The van der Waals surface area contributed by atoms with Crippen LogP contribution in [0.5, 0.6) is 0 Å². The Morgan fingerprint density at radius 2 is 1.84 bits per heavy atom. The Morgan fingerprint density at radius 3 is 2.54 bits per heavy atom. The summed E-state index contributed by atoms with van der Waals surface area (Å²) < 4.78 is 28.9. The summed E-state index contributed by atoms with van der Waals surface area (Å²) in [7, 11) is -3.67. The average molecular weight is 540 g/mol. The second-order valence-corrected chi connectivity index (χ2v) is 14.8. The maximum absolute atomic E-state index is 14.6. The van der Waals surface area contributed by atoms with Gasteiger partial charge in [0.2, 0.25) is 15.9 Å². The van der Waals surface area contributed by atoms with Crippen LogP contribution in [-0.4, -0.2) is 52.4 Å². The molecule has 2 aliphatic carbocycles. The Balaban J connectivity index is 1.29. The fourth-order valence-electron chi connectivity index (χ4n) is 9.26. The second kappa shape index (κ2) is 8.03. The minimum atomic E-state index is -3.67. The Hall–Kier alpha value is -1.96. The van der Waals surface area contributed by atoms with E-state index in [0.29, 0.717) is 11.1 Å². The first-order valence-electron chi connectivity index (χ1n) is 13.6. The monoisotopic (exact) mass is 539 g/mol. The molecule has 5 aliphatic rings. The smallest absolute Gasteiger partial charge is 0.241 e. The molecule has 5 fully saturated rings. The summed E-state index contributed by atoms with van der Waals surface area (Å²) in [5.41, 5.74) is 1.81. The first-order chi connectivity index (χ1) is 17.6. The van der Waals surface area contributed by atoms with Crippen molar-refractivity contribution in [2.45, 2.75) is 76.5 Å². The van der Waals surface area contributed by atoms with Crippen LogP contribution >= 0.6 is 11.6 Å². The minimum Gasteiger partial charge on any atom is -0.292 e. The molecule has 196 valence electrons.